The number of allylic oxidation sites excluding steroid dienone is 4. The van der Waals surface area contributed by atoms with Gasteiger partial charge in [0, 0.05) is 44.3 Å². The smallest absolute Gasteiger partial charge is 0.0619 e. The number of hydrogen-bond acceptors (Lipinski definition) is 2. The summed E-state index contributed by atoms with van der Waals surface area (Å²) in [6.45, 7) is 6.25. The normalized spacial score (nSPS) is 11.7. The van der Waals surface area contributed by atoms with Crippen molar-refractivity contribution in [2.75, 3.05) is 9.80 Å². The van der Waals surface area contributed by atoms with E-state index in [1.54, 1.807) is 0 Å². The highest BCUT2D eigenvalue weighted by atomic mass is 15.2. The molecule has 6 rings (SSSR count). The van der Waals surface area contributed by atoms with Crippen molar-refractivity contribution in [3.63, 3.8) is 0 Å². The van der Waals surface area contributed by atoms with Crippen LogP contribution in [0.15, 0.2) is 176 Å². The van der Waals surface area contributed by atoms with Crippen molar-refractivity contribution in [1.82, 2.24) is 0 Å². The fraction of sp³-hybridized carbons (Fsp3) is 0.0256. The van der Waals surface area contributed by atoms with Gasteiger partial charge >= 0.3 is 0 Å². The average Bonchev–Trinajstić information content (AvgIpc) is 3.05. The largest absolute Gasteiger partial charge is 0.309 e. The molecular weight excluding hydrogens is 496 g/mol. The molecule has 0 saturated carbocycles. The van der Waals surface area contributed by atoms with Crippen LogP contribution in [0.25, 0.3) is 21.5 Å². The Bertz CT molecular complexity index is 1760. The van der Waals surface area contributed by atoms with Crippen LogP contribution in [-0.4, -0.2) is 0 Å². The standard InChI is InChI=1S/C39H32N2/c1-3-5-19-30(4-2)40(31-20-9-6-10-21-31)38-34-26-15-17-28-36(34)39(37-29-18-16-27-35(37)38)41(32-22-11-7-12-23-32)33-24-13-8-14-25-33/h3-29H,2H2,1H3/b5-3-,30-19+. The van der Waals surface area contributed by atoms with Gasteiger partial charge in [0.05, 0.1) is 11.4 Å². The lowest BCUT2D eigenvalue weighted by Crippen LogP contribution is -2.17. The van der Waals surface area contributed by atoms with Gasteiger partial charge in [0.25, 0.3) is 0 Å². The third kappa shape index (κ3) is 4.92. The fourth-order valence-corrected chi connectivity index (χ4v) is 5.54. The molecule has 2 nitrogen and oxygen atoms in total. The zero-order valence-electron chi connectivity index (χ0n) is 23.2. The Morgan fingerprint density at radius 2 is 0.902 bits per heavy atom. The lowest BCUT2D eigenvalue weighted by molar-refractivity contribution is 1.23. The van der Waals surface area contributed by atoms with Gasteiger partial charge in [-0.25, -0.2) is 0 Å². The molecule has 0 aliphatic rings. The Hall–Kier alpha value is -5.34. The van der Waals surface area contributed by atoms with Gasteiger partial charge in [-0.1, -0.05) is 122 Å². The second-order valence-electron chi connectivity index (χ2n) is 9.79. The van der Waals surface area contributed by atoms with Gasteiger partial charge in [0.1, 0.15) is 0 Å². The average molecular weight is 529 g/mol. The molecule has 2 heteroatoms. The van der Waals surface area contributed by atoms with E-state index in [9.17, 15) is 0 Å². The van der Waals surface area contributed by atoms with Gasteiger partial charge in [-0.05, 0) is 55.5 Å². The predicted octanol–water partition coefficient (Wildman–Crippen LogP) is 11.2. The summed E-state index contributed by atoms with van der Waals surface area (Å²) in [5.41, 5.74) is 6.59. The summed E-state index contributed by atoms with van der Waals surface area (Å²) >= 11 is 0. The predicted molar refractivity (Wildman–Crippen MR) is 178 cm³/mol. The highest BCUT2D eigenvalue weighted by molar-refractivity contribution is 6.22. The molecule has 0 amide bonds. The Labute approximate surface area is 242 Å². The van der Waals surface area contributed by atoms with E-state index in [1.165, 1.54) is 10.8 Å². The van der Waals surface area contributed by atoms with Crippen molar-refractivity contribution in [3.8, 4) is 0 Å². The van der Waals surface area contributed by atoms with Crippen LogP contribution < -0.4 is 9.80 Å². The minimum atomic E-state index is 1.00. The van der Waals surface area contributed by atoms with Crippen LogP contribution in [0.3, 0.4) is 0 Å². The van der Waals surface area contributed by atoms with Gasteiger partial charge in [-0.15, -0.1) is 0 Å². The first-order chi connectivity index (χ1) is 20.3. The molecule has 0 unspecified atom stereocenters. The van der Waals surface area contributed by atoms with Gasteiger partial charge in [-0.2, -0.15) is 0 Å². The molecule has 41 heavy (non-hydrogen) atoms. The molecule has 0 saturated heterocycles. The van der Waals surface area contributed by atoms with Crippen molar-refractivity contribution in [2.45, 2.75) is 6.92 Å². The number of hydrogen-bond donors (Lipinski definition) is 0. The maximum Gasteiger partial charge on any atom is 0.0619 e. The van der Waals surface area contributed by atoms with E-state index in [4.69, 9.17) is 0 Å². The van der Waals surface area contributed by atoms with E-state index >= 15 is 0 Å². The fourth-order valence-electron chi connectivity index (χ4n) is 5.54. The quantitative estimate of drug-likeness (QED) is 0.110. The number of para-hydroxylation sites is 3. The van der Waals surface area contributed by atoms with E-state index < -0.39 is 0 Å². The van der Waals surface area contributed by atoms with Crippen LogP contribution in [0.5, 0.6) is 0 Å². The topological polar surface area (TPSA) is 6.48 Å². The van der Waals surface area contributed by atoms with Crippen LogP contribution >= 0.6 is 0 Å². The number of anilines is 5. The molecule has 0 aliphatic heterocycles. The first-order valence-corrected chi connectivity index (χ1v) is 14.0. The Kier molecular flexibility index (Phi) is 7.46. The van der Waals surface area contributed by atoms with Crippen molar-refractivity contribution in [3.05, 3.63) is 176 Å². The van der Waals surface area contributed by atoms with Crippen LogP contribution in [-0.2, 0) is 0 Å². The molecule has 6 aromatic rings. The SMILES string of the molecule is C=C/C(=C\C=C/C)N(c1ccccc1)c1c2ccccc2c(N(c2ccccc2)c2ccccc2)c2ccccc12. The van der Waals surface area contributed by atoms with Crippen molar-refractivity contribution in [1.29, 1.82) is 0 Å². The van der Waals surface area contributed by atoms with E-state index in [0.717, 1.165) is 44.9 Å². The zero-order valence-corrected chi connectivity index (χ0v) is 23.2. The van der Waals surface area contributed by atoms with Crippen LogP contribution in [0.4, 0.5) is 28.4 Å². The van der Waals surface area contributed by atoms with Gasteiger partial charge in [-0.3, -0.25) is 0 Å². The molecule has 0 bridgehead atoms. The monoisotopic (exact) mass is 528 g/mol. The summed E-state index contributed by atoms with van der Waals surface area (Å²) in [4.78, 5) is 4.71. The van der Waals surface area contributed by atoms with Gasteiger partial charge in [0.15, 0.2) is 0 Å². The van der Waals surface area contributed by atoms with E-state index in [-0.39, 0.29) is 0 Å². The molecule has 6 aromatic carbocycles. The molecule has 0 fully saturated rings. The first-order valence-electron chi connectivity index (χ1n) is 14.0. The van der Waals surface area contributed by atoms with Gasteiger partial charge < -0.3 is 9.80 Å². The molecular formula is C39H32N2. The first kappa shape index (κ1) is 25.9. The second kappa shape index (κ2) is 11.8. The Morgan fingerprint density at radius 1 is 0.512 bits per heavy atom. The molecule has 0 aromatic heterocycles. The summed E-state index contributed by atoms with van der Waals surface area (Å²) in [5.74, 6) is 0. The van der Waals surface area contributed by atoms with Crippen LogP contribution in [0.2, 0.25) is 0 Å². The molecule has 0 heterocycles. The molecule has 198 valence electrons. The van der Waals surface area contributed by atoms with Crippen molar-refractivity contribution >= 4 is 50.0 Å². The van der Waals surface area contributed by atoms with E-state index in [0.29, 0.717) is 0 Å². The summed E-state index contributed by atoms with van der Waals surface area (Å²) in [5, 5.41) is 4.67. The number of nitrogens with zero attached hydrogens (tertiary/aromatic N) is 2. The van der Waals surface area contributed by atoms with Gasteiger partial charge in [0.2, 0.25) is 0 Å². The van der Waals surface area contributed by atoms with Crippen molar-refractivity contribution < 1.29 is 0 Å². The summed E-state index contributed by atoms with van der Waals surface area (Å²) < 4.78 is 0. The molecule has 0 atom stereocenters. The van der Waals surface area contributed by atoms with E-state index in [2.05, 4.69) is 168 Å². The number of benzene rings is 6. The zero-order chi connectivity index (χ0) is 28.0. The third-order valence-electron chi connectivity index (χ3n) is 7.29. The maximum atomic E-state index is 4.22. The minimum absolute atomic E-state index is 1.00. The summed E-state index contributed by atoms with van der Waals surface area (Å²) in [7, 11) is 0. The highest BCUT2D eigenvalue weighted by Crippen LogP contribution is 2.49. The van der Waals surface area contributed by atoms with E-state index in [1.807, 2.05) is 19.1 Å². The molecule has 0 N–H and O–H groups in total. The minimum Gasteiger partial charge on any atom is -0.309 e. The molecule has 0 aliphatic carbocycles. The maximum absolute atomic E-state index is 4.22. The van der Waals surface area contributed by atoms with Crippen LogP contribution in [0, 0.1) is 0 Å². The van der Waals surface area contributed by atoms with Crippen LogP contribution in [0.1, 0.15) is 6.92 Å². The summed E-state index contributed by atoms with van der Waals surface area (Å²) in [6, 6.07) is 49.3. The highest BCUT2D eigenvalue weighted by Gasteiger charge is 2.24. The van der Waals surface area contributed by atoms with Crippen molar-refractivity contribution in [2.24, 2.45) is 0 Å². The lowest BCUT2D eigenvalue weighted by atomic mass is 9.95. The molecule has 0 spiro atoms. The number of fused-ring (bicyclic) bond motifs is 2. The lowest BCUT2D eigenvalue weighted by Gasteiger charge is -2.33. The molecule has 0 radical (unpaired) electrons. The Balaban J connectivity index is 1.76. The Morgan fingerprint density at radius 3 is 1.32 bits per heavy atom. The second-order valence-corrected chi connectivity index (χ2v) is 9.79. The number of rotatable bonds is 8. The third-order valence-corrected chi connectivity index (χ3v) is 7.29. The summed E-state index contributed by atoms with van der Waals surface area (Å²) in [6.07, 6.45) is 8.17.